The molecule has 172 valence electrons. The molecule has 0 aliphatic carbocycles. The van der Waals surface area contributed by atoms with Gasteiger partial charge in [0, 0.05) is 24.2 Å². The lowest BCUT2D eigenvalue weighted by Crippen LogP contribution is -2.40. The normalized spacial score (nSPS) is 18.8. The molecule has 10 heteroatoms. The zero-order chi connectivity index (χ0) is 23.2. The molecular formula is C22H22ClF3N2O4. The van der Waals surface area contributed by atoms with E-state index in [0.29, 0.717) is 29.8 Å². The van der Waals surface area contributed by atoms with Crippen LogP contribution in [0.25, 0.3) is 0 Å². The highest BCUT2D eigenvalue weighted by Crippen LogP contribution is 2.43. The molecule has 0 saturated carbocycles. The Kier molecular flexibility index (Phi) is 5.98. The quantitative estimate of drug-likeness (QED) is 0.732. The van der Waals surface area contributed by atoms with Crippen LogP contribution in [0.4, 0.5) is 13.2 Å². The second-order valence-corrected chi connectivity index (χ2v) is 8.49. The second-order valence-electron chi connectivity index (χ2n) is 8.11. The van der Waals surface area contributed by atoms with Crippen LogP contribution in [0, 0.1) is 13.8 Å². The van der Waals surface area contributed by atoms with Crippen molar-refractivity contribution in [2.24, 2.45) is 0 Å². The first-order chi connectivity index (χ1) is 15.1. The Morgan fingerprint density at radius 3 is 2.66 bits per heavy atom. The molecule has 0 spiro atoms. The predicted octanol–water partition coefficient (Wildman–Crippen LogP) is 4.03. The van der Waals surface area contributed by atoms with Gasteiger partial charge in [0.2, 0.25) is 0 Å². The van der Waals surface area contributed by atoms with Crippen LogP contribution in [0.15, 0.2) is 16.9 Å². The van der Waals surface area contributed by atoms with Gasteiger partial charge in [0.1, 0.15) is 11.9 Å². The lowest BCUT2D eigenvalue weighted by Gasteiger charge is -2.32. The summed E-state index contributed by atoms with van der Waals surface area (Å²) in [5.41, 5.74) is 0.142. The molecule has 1 aromatic heterocycles. The number of hydrogen-bond acceptors (Lipinski definition) is 4. The molecule has 0 bridgehead atoms. The van der Waals surface area contributed by atoms with E-state index in [1.54, 1.807) is 19.9 Å². The van der Waals surface area contributed by atoms with E-state index in [1.165, 1.54) is 4.90 Å². The minimum Gasteiger partial charge on any atom is -0.486 e. The third-order valence-corrected chi connectivity index (χ3v) is 6.18. The molecule has 6 nitrogen and oxygen atoms in total. The molecule has 2 aliphatic heterocycles. The van der Waals surface area contributed by atoms with Crippen LogP contribution in [0.2, 0.25) is 5.02 Å². The number of rotatable bonds is 4. The van der Waals surface area contributed by atoms with Gasteiger partial charge in [-0.15, -0.1) is 0 Å². The maximum atomic E-state index is 13.8. The largest absolute Gasteiger partial charge is 0.486 e. The van der Waals surface area contributed by atoms with Crippen molar-refractivity contribution in [1.82, 2.24) is 9.88 Å². The number of fused-ring (bicyclic) bond motifs is 1. The van der Waals surface area contributed by atoms with E-state index in [-0.39, 0.29) is 53.6 Å². The summed E-state index contributed by atoms with van der Waals surface area (Å²) in [7, 11) is 0. The molecule has 1 atom stereocenters. The summed E-state index contributed by atoms with van der Waals surface area (Å²) in [5.74, 6) is -0.845. The Morgan fingerprint density at radius 1 is 1.28 bits per heavy atom. The molecule has 1 aromatic carbocycles. The van der Waals surface area contributed by atoms with Crippen molar-refractivity contribution >= 4 is 17.5 Å². The number of nitrogens with zero attached hydrogens (tertiary/aromatic N) is 1. The number of ether oxygens (including phenoxy) is 2. The van der Waals surface area contributed by atoms with Crippen molar-refractivity contribution in [1.29, 1.82) is 0 Å². The number of aromatic amines is 1. The van der Waals surface area contributed by atoms with Crippen molar-refractivity contribution in [3.63, 3.8) is 0 Å². The van der Waals surface area contributed by atoms with Crippen molar-refractivity contribution in [2.75, 3.05) is 19.8 Å². The Bertz CT molecular complexity index is 1120. The summed E-state index contributed by atoms with van der Waals surface area (Å²) in [6.45, 7) is 4.19. The van der Waals surface area contributed by atoms with Crippen LogP contribution < -0.4 is 10.3 Å². The van der Waals surface area contributed by atoms with Crippen molar-refractivity contribution < 1.29 is 27.4 Å². The van der Waals surface area contributed by atoms with Crippen LogP contribution in [0.5, 0.6) is 5.75 Å². The van der Waals surface area contributed by atoms with Gasteiger partial charge in [0.15, 0.2) is 0 Å². The van der Waals surface area contributed by atoms with E-state index < -0.39 is 23.8 Å². The van der Waals surface area contributed by atoms with Crippen LogP contribution in [-0.4, -0.2) is 41.7 Å². The zero-order valence-corrected chi connectivity index (χ0v) is 18.3. The van der Waals surface area contributed by atoms with Gasteiger partial charge in [0.05, 0.1) is 35.9 Å². The summed E-state index contributed by atoms with van der Waals surface area (Å²) < 4.78 is 52.4. The lowest BCUT2D eigenvalue weighted by atomic mass is 9.92. The van der Waals surface area contributed by atoms with Crippen LogP contribution in [0.3, 0.4) is 0 Å². The molecule has 2 aliphatic rings. The number of alkyl halides is 3. The number of aromatic nitrogens is 1. The highest BCUT2D eigenvalue weighted by Gasteiger charge is 2.40. The molecule has 4 rings (SSSR count). The molecule has 1 amide bonds. The van der Waals surface area contributed by atoms with E-state index in [1.807, 2.05) is 0 Å². The number of carbonyl (C=O) groups excluding carboxylic acids is 1. The van der Waals surface area contributed by atoms with E-state index in [9.17, 15) is 22.8 Å². The van der Waals surface area contributed by atoms with Crippen molar-refractivity contribution in [3.8, 4) is 5.75 Å². The first kappa shape index (κ1) is 22.7. The van der Waals surface area contributed by atoms with Gasteiger partial charge in [0.25, 0.3) is 11.5 Å². The number of hydrogen-bond donors (Lipinski definition) is 1. The number of halogens is 4. The predicted molar refractivity (Wildman–Crippen MR) is 111 cm³/mol. The minimum atomic E-state index is -4.67. The molecule has 3 heterocycles. The summed E-state index contributed by atoms with van der Waals surface area (Å²) in [6.07, 6.45) is -4.63. The summed E-state index contributed by atoms with van der Waals surface area (Å²) in [6, 6.07) is 2.65. The Morgan fingerprint density at radius 2 is 2.03 bits per heavy atom. The molecule has 32 heavy (non-hydrogen) atoms. The molecule has 1 fully saturated rings. The number of nitrogens with one attached hydrogen (secondary N) is 1. The van der Waals surface area contributed by atoms with Gasteiger partial charge in [-0.05, 0) is 43.5 Å². The third-order valence-electron chi connectivity index (χ3n) is 5.80. The maximum Gasteiger partial charge on any atom is 0.416 e. The number of benzene rings is 1. The summed E-state index contributed by atoms with van der Waals surface area (Å²) in [5, 5.41) is -0.149. The molecule has 0 radical (unpaired) electrons. The first-order valence-electron chi connectivity index (χ1n) is 10.2. The first-order valence-corrected chi connectivity index (χ1v) is 10.6. The Balaban J connectivity index is 1.74. The number of pyridine rings is 1. The molecule has 1 N–H and O–H groups in total. The van der Waals surface area contributed by atoms with Gasteiger partial charge in [-0.1, -0.05) is 11.6 Å². The Hall–Kier alpha value is -2.52. The summed E-state index contributed by atoms with van der Waals surface area (Å²) >= 11 is 6.43. The average Bonchev–Trinajstić information content (AvgIpc) is 3.20. The summed E-state index contributed by atoms with van der Waals surface area (Å²) in [4.78, 5) is 29.7. The van der Waals surface area contributed by atoms with Crippen molar-refractivity contribution in [2.45, 2.75) is 45.5 Å². The smallest absolute Gasteiger partial charge is 0.416 e. The highest BCUT2D eigenvalue weighted by atomic mass is 35.5. The Labute approximate surface area is 187 Å². The fourth-order valence-corrected chi connectivity index (χ4v) is 4.50. The molecule has 0 unspecified atom stereocenters. The van der Waals surface area contributed by atoms with Crippen molar-refractivity contribution in [3.05, 3.63) is 61.0 Å². The number of carbonyl (C=O) groups is 1. The standard InChI is InChI=1S/C22H22ClF3N2O4/c1-11-7-12(2)27-20(29)15(11)9-28-5-3-14-16(22(24,25)26)8-17(19(23)18(14)21(28)30)32-13-4-6-31-10-13/h7-8,13H,3-6,9-10H2,1-2H3,(H,27,29)/t13-/m1/s1. The van der Waals surface area contributed by atoms with Crippen LogP contribution in [0.1, 0.15) is 44.7 Å². The SMILES string of the molecule is Cc1cc(C)c(CN2CCc3c(C(F)(F)F)cc(O[C@@H]4CCOC4)c(Cl)c3C2=O)c(=O)[nH]1. The van der Waals surface area contributed by atoms with E-state index in [4.69, 9.17) is 21.1 Å². The van der Waals surface area contributed by atoms with E-state index in [0.717, 1.165) is 6.07 Å². The van der Waals surface area contributed by atoms with E-state index >= 15 is 0 Å². The fourth-order valence-electron chi connectivity index (χ4n) is 4.20. The topological polar surface area (TPSA) is 71.6 Å². The third kappa shape index (κ3) is 4.23. The number of amides is 1. The number of aryl methyl sites for hydroxylation is 2. The second kappa shape index (κ2) is 8.44. The fraction of sp³-hybridized carbons (Fsp3) is 0.455. The average molecular weight is 471 g/mol. The van der Waals surface area contributed by atoms with Gasteiger partial charge >= 0.3 is 6.18 Å². The maximum absolute atomic E-state index is 13.8. The van der Waals surface area contributed by atoms with E-state index in [2.05, 4.69) is 4.98 Å². The molecule has 2 aromatic rings. The van der Waals surface area contributed by atoms with Crippen LogP contribution in [-0.2, 0) is 23.9 Å². The van der Waals surface area contributed by atoms with Gasteiger partial charge in [-0.2, -0.15) is 13.2 Å². The monoisotopic (exact) mass is 470 g/mol. The molecule has 1 saturated heterocycles. The van der Waals surface area contributed by atoms with Gasteiger partial charge in [-0.3, -0.25) is 9.59 Å². The highest BCUT2D eigenvalue weighted by molar-refractivity contribution is 6.35. The van der Waals surface area contributed by atoms with Crippen LogP contribution >= 0.6 is 11.6 Å². The molecular weight excluding hydrogens is 449 g/mol. The lowest BCUT2D eigenvalue weighted by molar-refractivity contribution is -0.138. The van der Waals surface area contributed by atoms with Gasteiger partial charge < -0.3 is 19.4 Å². The minimum absolute atomic E-state index is 0.0288. The van der Waals surface area contributed by atoms with Gasteiger partial charge in [-0.25, -0.2) is 0 Å². The number of H-pyrrole nitrogens is 1. The zero-order valence-electron chi connectivity index (χ0n) is 17.6.